The molecule has 2 fully saturated rings. The fourth-order valence-electron chi connectivity index (χ4n) is 2.86. The first kappa shape index (κ1) is 15.2. The molecular formula is C11H22N2O4S2. The van der Waals surface area contributed by atoms with Gasteiger partial charge in [0, 0.05) is 12.6 Å². The van der Waals surface area contributed by atoms with Crippen LogP contribution < -0.4 is 5.32 Å². The molecule has 0 spiro atoms. The second kappa shape index (κ2) is 5.67. The Bertz CT molecular complexity index is 509. The van der Waals surface area contributed by atoms with Gasteiger partial charge < -0.3 is 5.32 Å². The second-order valence-corrected chi connectivity index (χ2v) is 9.76. The normalized spacial score (nSPS) is 33.1. The van der Waals surface area contributed by atoms with E-state index in [1.165, 1.54) is 4.31 Å². The minimum absolute atomic E-state index is 0.0561. The molecule has 0 radical (unpaired) electrons. The minimum atomic E-state index is -3.35. The van der Waals surface area contributed by atoms with Crippen LogP contribution in [-0.4, -0.2) is 64.1 Å². The third-order valence-corrected chi connectivity index (χ3v) is 7.76. The molecule has 2 heterocycles. The molecule has 8 heteroatoms. The van der Waals surface area contributed by atoms with Crippen LogP contribution in [0.15, 0.2) is 0 Å². The van der Waals surface area contributed by atoms with Crippen molar-refractivity contribution < 1.29 is 16.8 Å². The largest absolute Gasteiger partial charge is 0.316 e. The van der Waals surface area contributed by atoms with Crippen molar-refractivity contribution in [1.82, 2.24) is 9.62 Å². The topological polar surface area (TPSA) is 83.6 Å². The molecular weight excluding hydrogens is 288 g/mol. The number of rotatable bonds is 3. The van der Waals surface area contributed by atoms with Gasteiger partial charge in [0.15, 0.2) is 9.84 Å². The summed E-state index contributed by atoms with van der Waals surface area (Å²) in [4.78, 5) is 0. The highest BCUT2D eigenvalue weighted by atomic mass is 32.2. The molecule has 2 rings (SSSR count). The maximum atomic E-state index is 12.4. The van der Waals surface area contributed by atoms with E-state index in [2.05, 4.69) is 5.32 Å². The molecule has 112 valence electrons. The van der Waals surface area contributed by atoms with Crippen LogP contribution in [0.1, 0.15) is 19.8 Å². The fraction of sp³-hybridized carbons (Fsp3) is 1.00. The Morgan fingerprint density at radius 2 is 2.11 bits per heavy atom. The summed E-state index contributed by atoms with van der Waals surface area (Å²) in [7, 11) is -6.43. The zero-order valence-electron chi connectivity index (χ0n) is 11.2. The van der Waals surface area contributed by atoms with Crippen LogP contribution >= 0.6 is 0 Å². The van der Waals surface area contributed by atoms with Gasteiger partial charge in [-0.15, -0.1) is 0 Å². The van der Waals surface area contributed by atoms with E-state index in [0.717, 1.165) is 25.9 Å². The number of hydrogen-bond donors (Lipinski definition) is 1. The average Bonchev–Trinajstić information content (AvgIpc) is 2.27. The monoisotopic (exact) mass is 310 g/mol. The van der Waals surface area contributed by atoms with E-state index in [4.69, 9.17) is 0 Å². The molecule has 0 amide bonds. The number of sulfone groups is 1. The minimum Gasteiger partial charge on any atom is -0.316 e. The van der Waals surface area contributed by atoms with Crippen molar-refractivity contribution in [2.45, 2.75) is 25.8 Å². The molecule has 0 bridgehead atoms. The molecule has 2 aliphatic heterocycles. The molecule has 2 aliphatic rings. The van der Waals surface area contributed by atoms with Crippen LogP contribution in [0.5, 0.6) is 0 Å². The quantitative estimate of drug-likeness (QED) is 0.755. The maximum Gasteiger partial charge on any atom is 0.214 e. The smallest absolute Gasteiger partial charge is 0.214 e. The summed E-state index contributed by atoms with van der Waals surface area (Å²) in [5.74, 6) is 0.156. The Kier molecular flexibility index (Phi) is 4.54. The van der Waals surface area contributed by atoms with Crippen molar-refractivity contribution in [3.05, 3.63) is 0 Å². The van der Waals surface area contributed by atoms with Gasteiger partial charge in [0.05, 0.1) is 17.3 Å². The van der Waals surface area contributed by atoms with Gasteiger partial charge in [0.25, 0.3) is 0 Å². The van der Waals surface area contributed by atoms with E-state index in [1.807, 2.05) is 0 Å². The number of nitrogens with one attached hydrogen (secondary N) is 1. The number of sulfonamides is 1. The lowest BCUT2D eigenvalue weighted by molar-refractivity contribution is 0.343. The van der Waals surface area contributed by atoms with Crippen LogP contribution in [0.2, 0.25) is 0 Å². The molecule has 0 aromatic rings. The third-order valence-electron chi connectivity index (χ3n) is 3.81. The van der Waals surface area contributed by atoms with Crippen molar-refractivity contribution in [3.63, 3.8) is 0 Å². The van der Waals surface area contributed by atoms with Crippen LogP contribution in [0.3, 0.4) is 0 Å². The summed E-state index contributed by atoms with van der Waals surface area (Å²) in [6.45, 7) is 3.47. The summed E-state index contributed by atoms with van der Waals surface area (Å²) in [6, 6.07) is -0.444. The van der Waals surface area contributed by atoms with Crippen molar-refractivity contribution in [2.75, 3.05) is 36.9 Å². The molecule has 19 heavy (non-hydrogen) atoms. The summed E-state index contributed by atoms with van der Waals surface area (Å²) in [5.41, 5.74) is 0. The highest BCUT2D eigenvalue weighted by molar-refractivity contribution is 7.92. The van der Waals surface area contributed by atoms with Gasteiger partial charge in [-0.25, -0.2) is 16.8 Å². The van der Waals surface area contributed by atoms with Crippen molar-refractivity contribution in [3.8, 4) is 0 Å². The lowest BCUT2D eigenvalue weighted by Crippen LogP contribution is -2.51. The Labute approximate surface area is 115 Å². The molecule has 2 unspecified atom stereocenters. The molecule has 0 aromatic carbocycles. The number of piperidine rings is 1. The molecule has 0 aliphatic carbocycles. The molecule has 2 saturated heterocycles. The molecule has 2 atom stereocenters. The van der Waals surface area contributed by atoms with Gasteiger partial charge in [-0.2, -0.15) is 4.31 Å². The van der Waals surface area contributed by atoms with Gasteiger partial charge in [-0.1, -0.05) is 0 Å². The Hall–Kier alpha value is -0.180. The van der Waals surface area contributed by atoms with Gasteiger partial charge in [0.2, 0.25) is 10.0 Å². The number of nitrogens with zero attached hydrogens (tertiary/aromatic N) is 1. The summed E-state index contributed by atoms with van der Waals surface area (Å²) >= 11 is 0. The zero-order valence-corrected chi connectivity index (χ0v) is 12.8. The highest BCUT2D eigenvalue weighted by Crippen LogP contribution is 2.20. The van der Waals surface area contributed by atoms with Gasteiger partial charge >= 0.3 is 0 Å². The predicted octanol–water partition coefficient (Wildman–Crippen LogP) is -0.565. The van der Waals surface area contributed by atoms with E-state index in [-0.39, 0.29) is 29.7 Å². The van der Waals surface area contributed by atoms with E-state index in [1.54, 1.807) is 6.92 Å². The Morgan fingerprint density at radius 1 is 1.37 bits per heavy atom. The summed E-state index contributed by atoms with van der Waals surface area (Å²) < 4.78 is 49.1. The van der Waals surface area contributed by atoms with E-state index in [0.29, 0.717) is 0 Å². The van der Waals surface area contributed by atoms with Gasteiger partial charge in [0.1, 0.15) is 0 Å². The van der Waals surface area contributed by atoms with E-state index < -0.39 is 25.9 Å². The Morgan fingerprint density at radius 3 is 2.68 bits per heavy atom. The first-order chi connectivity index (χ1) is 8.80. The summed E-state index contributed by atoms with van der Waals surface area (Å²) in [6.07, 6.45) is 1.93. The van der Waals surface area contributed by atoms with Crippen LogP contribution in [0.4, 0.5) is 0 Å². The molecule has 0 saturated carbocycles. The lowest BCUT2D eigenvalue weighted by Gasteiger charge is -2.33. The predicted molar refractivity (Wildman–Crippen MR) is 74.2 cm³/mol. The van der Waals surface area contributed by atoms with E-state index >= 15 is 0 Å². The van der Waals surface area contributed by atoms with Crippen LogP contribution in [0, 0.1) is 5.92 Å². The number of hydrogen-bond acceptors (Lipinski definition) is 5. The Balaban J connectivity index is 2.03. The van der Waals surface area contributed by atoms with Crippen LogP contribution in [0.25, 0.3) is 0 Å². The zero-order chi connectivity index (χ0) is 14.1. The first-order valence-electron chi connectivity index (χ1n) is 6.71. The third kappa shape index (κ3) is 3.90. The lowest BCUT2D eigenvalue weighted by atomic mass is 10.0. The van der Waals surface area contributed by atoms with Gasteiger partial charge in [-0.3, -0.25) is 0 Å². The standard InChI is InChI=1S/C11H22N2O4S2/c1-10-8-18(14,15)6-5-13(10)19(16,17)9-11-3-2-4-12-7-11/h10-12H,2-9H2,1H3. The SMILES string of the molecule is CC1CS(=O)(=O)CCN1S(=O)(=O)CC1CCCNC1. The van der Waals surface area contributed by atoms with Crippen molar-refractivity contribution in [2.24, 2.45) is 5.92 Å². The fourth-order valence-corrected chi connectivity index (χ4v) is 6.69. The van der Waals surface area contributed by atoms with Crippen molar-refractivity contribution in [1.29, 1.82) is 0 Å². The van der Waals surface area contributed by atoms with Crippen molar-refractivity contribution >= 4 is 19.9 Å². The average molecular weight is 310 g/mol. The van der Waals surface area contributed by atoms with E-state index in [9.17, 15) is 16.8 Å². The molecule has 1 N–H and O–H groups in total. The summed E-state index contributed by atoms with van der Waals surface area (Å²) in [5, 5.41) is 3.21. The molecule has 0 aromatic heterocycles. The van der Waals surface area contributed by atoms with Crippen LogP contribution in [-0.2, 0) is 19.9 Å². The first-order valence-corrected chi connectivity index (χ1v) is 10.1. The second-order valence-electron chi connectivity index (χ2n) is 5.57. The maximum absolute atomic E-state index is 12.4. The highest BCUT2D eigenvalue weighted by Gasteiger charge is 2.36. The van der Waals surface area contributed by atoms with Gasteiger partial charge in [-0.05, 0) is 38.8 Å². The molecule has 6 nitrogen and oxygen atoms in total.